The van der Waals surface area contributed by atoms with Crippen LogP contribution < -0.4 is 0 Å². The summed E-state index contributed by atoms with van der Waals surface area (Å²) in [5, 5.41) is 0. The lowest BCUT2D eigenvalue weighted by molar-refractivity contribution is -0.124. The smallest absolute Gasteiger partial charge is 0.119 e. The molecule has 0 aliphatic heterocycles. The van der Waals surface area contributed by atoms with E-state index in [0.29, 0.717) is 24.2 Å². The molecule has 0 unspecified atom stereocenters. The fraction of sp³-hybridized carbons (Fsp3) is 0.913. The summed E-state index contributed by atoms with van der Waals surface area (Å²) in [5.41, 5.74) is 0.445. The van der Waals surface area contributed by atoms with Gasteiger partial charge in [-0.3, -0.25) is 0 Å². The molecule has 0 aromatic rings. The summed E-state index contributed by atoms with van der Waals surface area (Å²) >= 11 is 0. The van der Waals surface area contributed by atoms with Crippen molar-refractivity contribution in [3.05, 3.63) is 0 Å². The highest BCUT2D eigenvalue weighted by Gasteiger charge is 2.54. The molecule has 4 nitrogen and oxygen atoms in total. The minimum atomic E-state index is 0.445. The van der Waals surface area contributed by atoms with Crippen LogP contribution in [0.25, 0.3) is 0 Å². The summed E-state index contributed by atoms with van der Waals surface area (Å²) in [6.07, 6.45) is 15.6. The van der Waals surface area contributed by atoms with Gasteiger partial charge < -0.3 is 19.1 Å². The van der Waals surface area contributed by atoms with Crippen molar-refractivity contribution in [1.82, 2.24) is 0 Å². The van der Waals surface area contributed by atoms with Gasteiger partial charge in [-0.2, -0.15) is 0 Å². The molecule has 0 spiro atoms. The van der Waals surface area contributed by atoms with Crippen molar-refractivity contribution >= 4 is 12.6 Å². The van der Waals surface area contributed by atoms with Crippen LogP contribution in [0.15, 0.2) is 0 Å². The molecule has 4 aliphatic rings. The van der Waals surface area contributed by atoms with Gasteiger partial charge in [0, 0.05) is 32.0 Å². The van der Waals surface area contributed by atoms with E-state index in [4.69, 9.17) is 9.47 Å². The topological polar surface area (TPSA) is 52.6 Å². The molecule has 0 aromatic carbocycles. The summed E-state index contributed by atoms with van der Waals surface area (Å²) in [7, 11) is 0. The zero-order chi connectivity index (χ0) is 19.0. The molecule has 0 amide bonds. The van der Waals surface area contributed by atoms with E-state index in [1.54, 1.807) is 0 Å². The highest BCUT2D eigenvalue weighted by atomic mass is 16.5. The third kappa shape index (κ3) is 5.87. The molecule has 0 radical (unpaired) electrons. The van der Waals surface area contributed by atoms with Gasteiger partial charge in [-0.25, -0.2) is 0 Å². The van der Waals surface area contributed by atoms with E-state index >= 15 is 0 Å². The molecule has 0 heterocycles. The van der Waals surface area contributed by atoms with Crippen LogP contribution in [0.3, 0.4) is 0 Å². The van der Waals surface area contributed by atoms with Crippen LogP contribution >= 0.6 is 0 Å². The number of carbonyl (C=O) groups excluding carboxylic acids is 2. The Labute approximate surface area is 164 Å². The van der Waals surface area contributed by atoms with Gasteiger partial charge in [-0.05, 0) is 87.4 Å². The quantitative estimate of drug-likeness (QED) is 0.309. The number of rotatable bonds is 15. The average Bonchev–Trinajstić information content (AvgIpc) is 2.64. The molecule has 4 fully saturated rings. The maximum Gasteiger partial charge on any atom is 0.119 e. The van der Waals surface area contributed by atoms with E-state index in [0.717, 1.165) is 82.4 Å². The molecule has 4 saturated carbocycles. The van der Waals surface area contributed by atoms with E-state index in [1.807, 2.05) is 0 Å². The monoisotopic (exact) mass is 378 g/mol. The molecule has 27 heavy (non-hydrogen) atoms. The first-order valence-corrected chi connectivity index (χ1v) is 11.3. The molecule has 4 rings (SSSR count). The summed E-state index contributed by atoms with van der Waals surface area (Å²) in [6.45, 7) is 3.13. The lowest BCUT2D eigenvalue weighted by Gasteiger charge is -2.59. The van der Waals surface area contributed by atoms with Crippen molar-refractivity contribution in [2.75, 3.05) is 26.4 Å². The fourth-order valence-electron chi connectivity index (χ4n) is 6.39. The summed E-state index contributed by atoms with van der Waals surface area (Å²) in [6, 6.07) is 0. The summed E-state index contributed by atoms with van der Waals surface area (Å²) in [4.78, 5) is 20.9. The first-order chi connectivity index (χ1) is 13.3. The van der Waals surface area contributed by atoms with Gasteiger partial charge >= 0.3 is 0 Å². The van der Waals surface area contributed by atoms with E-state index in [9.17, 15) is 9.59 Å². The summed E-state index contributed by atoms with van der Waals surface area (Å²) in [5.74, 6) is 3.33. The number of hydrogen-bond donors (Lipinski definition) is 0. The Balaban J connectivity index is 1.49. The number of carbonyl (C=O) groups is 2. The maximum atomic E-state index is 10.4. The number of ether oxygens (including phenoxy) is 2. The minimum absolute atomic E-state index is 0.445. The van der Waals surface area contributed by atoms with Crippen molar-refractivity contribution in [2.24, 2.45) is 29.1 Å². The Morgan fingerprint density at radius 3 is 1.59 bits per heavy atom. The molecule has 0 aromatic heterocycles. The molecular formula is C23H38O4. The van der Waals surface area contributed by atoms with Crippen LogP contribution in [-0.2, 0) is 19.1 Å². The van der Waals surface area contributed by atoms with Gasteiger partial charge in [0.2, 0.25) is 0 Å². The van der Waals surface area contributed by atoms with Gasteiger partial charge in [0.1, 0.15) is 12.6 Å². The van der Waals surface area contributed by atoms with Gasteiger partial charge in [-0.15, -0.1) is 0 Å². The lowest BCUT2D eigenvalue weighted by atomic mass is 9.46. The molecule has 0 atom stereocenters. The zero-order valence-electron chi connectivity index (χ0n) is 16.9. The Bertz CT molecular complexity index is 406. The van der Waals surface area contributed by atoms with Crippen LogP contribution in [0.4, 0.5) is 0 Å². The normalized spacial score (nSPS) is 31.5. The van der Waals surface area contributed by atoms with Gasteiger partial charge in [-0.1, -0.05) is 0 Å². The average molecular weight is 379 g/mol. The van der Waals surface area contributed by atoms with E-state index in [2.05, 4.69) is 0 Å². The second kappa shape index (κ2) is 10.7. The highest BCUT2D eigenvalue weighted by molar-refractivity contribution is 5.49. The fourth-order valence-corrected chi connectivity index (χ4v) is 6.39. The second-order valence-electron chi connectivity index (χ2n) is 9.45. The Hall–Kier alpha value is -0.740. The zero-order valence-corrected chi connectivity index (χ0v) is 16.9. The van der Waals surface area contributed by atoms with Crippen LogP contribution in [0, 0.1) is 29.1 Å². The number of aldehydes is 2. The first kappa shape index (κ1) is 21.0. The van der Waals surface area contributed by atoms with Crippen molar-refractivity contribution in [2.45, 2.75) is 77.0 Å². The van der Waals surface area contributed by atoms with Crippen LogP contribution in [0.5, 0.6) is 0 Å². The molecule has 4 aliphatic carbocycles. The lowest BCUT2D eigenvalue weighted by Crippen LogP contribution is -2.51. The molecule has 0 saturated heterocycles. The number of hydrogen-bond acceptors (Lipinski definition) is 4. The van der Waals surface area contributed by atoms with Crippen molar-refractivity contribution < 1.29 is 19.1 Å². The predicted molar refractivity (Wildman–Crippen MR) is 106 cm³/mol. The Kier molecular flexibility index (Phi) is 8.32. The highest BCUT2D eigenvalue weighted by Crippen LogP contribution is 2.62. The standard InChI is InChI=1S/C23H38O4/c24-7-3-1-5-9-26-17-22(18-27-10-6-2-4-8-25)23-14-19-11-20(15-23)13-21(12-19)16-23/h7-8,19-22H,1-6,9-18H2. The molecule has 4 bridgehead atoms. The van der Waals surface area contributed by atoms with Gasteiger partial charge in [0.25, 0.3) is 0 Å². The van der Waals surface area contributed by atoms with Gasteiger partial charge in [0.05, 0.1) is 13.2 Å². The predicted octanol–water partition coefficient (Wildman–Crippen LogP) is 4.59. The second-order valence-corrected chi connectivity index (χ2v) is 9.45. The number of unbranched alkanes of at least 4 members (excludes halogenated alkanes) is 4. The first-order valence-electron chi connectivity index (χ1n) is 11.3. The van der Waals surface area contributed by atoms with E-state index in [-0.39, 0.29) is 0 Å². The molecular weight excluding hydrogens is 340 g/mol. The third-order valence-electron chi connectivity index (χ3n) is 7.31. The molecule has 154 valence electrons. The molecule has 0 N–H and O–H groups in total. The van der Waals surface area contributed by atoms with E-state index in [1.165, 1.54) is 38.5 Å². The van der Waals surface area contributed by atoms with Crippen molar-refractivity contribution in [3.8, 4) is 0 Å². The molecule has 4 heteroatoms. The van der Waals surface area contributed by atoms with Crippen LogP contribution in [0.1, 0.15) is 77.0 Å². The van der Waals surface area contributed by atoms with Crippen molar-refractivity contribution in [1.29, 1.82) is 0 Å². The van der Waals surface area contributed by atoms with Gasteiger partial charge in [0.15, 0.2) is 0 Å². The SMILES string of the molecule is O=CCCCCOCC(COCCCCC=O)C12CC3CC(CC(C3)C1)C2. The van der Waals surface area contributed by atoms with E-state index < -0.39 is 0 Å². The van der Waals surface area contributed by atoms with Crippen LogP contribution in [-0.4, -0.2) is 39.0 Å². The Morgan fingerprint density at radius 1 is 0.741 bits per heavy atom. The summed E-state index contributed by atoms with van der Waals surface area (Å²) < 4.78 is 12.2. The third-order valence-corrected chi connectivity index (χ3v) is 7.31. The largest absolute Gasteiger partial charge is 0.381 e. The minimum Gasteiger partial charge on any atom is -0.381 e. The van der Waals surface area contributed by atoms with Crippen molar-refractivity contribution in [3.63, 3.8) is 0 Å². The Morgan fingerprint density at radius 2 is 1.19 bits per heavy atom. The van der Waals surface area contributed by atoms with Crippen LogP contribution in [0.2, 0.25) is 0 Å². The maximum absolute atomic E-state index is 10.4.